The number of nitrogens with zero attached hydrogens (tertiary/aromatic N) is 1. The van der Waals surface area contributed by atoms with E-state index in [2.05, 4.69) is 10.3 Å². The highest BCUT2D eigenvalue weighted by Gasteiger charge is 2.31. The van der Waals surface area contributed by atoms with Crippen molar-refractivity contribution in [2.24, 2.45) is 0 Å². The van der Waals surface area contributed by atoms with Crippen molar-refractivity contribution in [1.82, 2.24) is 10.3 Å². The summed E-state index contributed by atoms with van der Waals surface area (Å²) < 4.78 is 13.8. The number of carbonyl (C=O) groups is 1. The number of amides is 1. The maximum absolute atomic E-state index is 13.8. The molecule has 0 aliphatic carbocycles. The van der Waals surface area contributed by atoms with Gasteiger partial charge in [0.15, 0.2) is 0 Å². The predicted octanol–water partition coefficient (Wildman–Crippen LogP) is 3.23. The fourth-order valence-corrected chi connectivity index (χ4v) is 2.79. The van der Waals surface area contributed by atoms with Crippen LogP contribution in [0, 0.1) is 12.7 Å². The molecule has 2 rings (SSSR count). The van der Waals surface area contributed by atoms with Crippen molar-refractivity contribution in [3.05, 3.63) is 51.7 Å². The minimum atomic E-state index is -0.899. The Bertz CT molecular complexity index is 637. The van der Waals surface area contributed by atoms with E-state index in [1.165, 1.54) is 6.07 Å². The van der Waals surface area contributed by atoms with Crippen LogP contribution in [-0.4, -0.2) is 17.4 Å². The van der Waals surface area contributed by atoms with Crippen LogP contribution in [0.15, 0.2) is 29.6 Å². The van der Waals surface area contributed by atoms with Gasteiger partial charge in [0.2, 0.25) is 5.91 Å². The standard InChI is InChI=1S/C16H19FN2OS/c1-11-19-12(10-21-11)8-9-18-15(20)16(2,3)13-6-4-5-7-14(13)17/h4-7,10H,8-9H2,1-3H3,(H,18,20). The third-order valence-electron chi connectivity index (χ3n) is 3.45. The summed E-state index contributed by atoms with van der Waals surface area (Å²) in [5.74, 6) is -0.535. The molecule has 112 valence electrons. The molecule has 0 saturated heterocycles. The van der Waals surface area contributed by atoms with E-state index in [0.29, 0.717) is 18.5 Å². The molecule has 1 N–H and O–H groups in total. The van der Waals surface area contributed by atoms with Gasteiger partial charge in [-0.3, -0.25) is 4.79 Å². The van der Waals surface area contributed by atoms with E-state index in [0.717, 1.165) is 10.7 Å². The van der Waals surface area contributed by atoms with Crippen LogP contribution in [0.1, 0.15) is 30.1 Å². The smallest absolute Gasteiger partial charge is 0.230 e. The third-order valence-corrected chi connectivity index (χ3v) is 4.27. The summed E-state index contributed by atoms with van der Waals surface area (Å²) in [5.41, 5.74) is 0.483. The lowest BCUT2D eigenvalue weighted by Crippen LogP contribution is -2.41. The van der Waals surface area contributed by atoms with Crippen LogP contribution in [0.2, 0.25) is 0 Å². The molecule has 1 heterocycles. The molecule has 5 heteroatoms. The number of thiazole rings is 1. The maximum atomic E-state index is 13.8. The topological polar surface area (TPSA) is 42.0 Å². The van der Waals surface area contributed by atoms with Gasteiger partial charge in [-0.15, -0.1) is 11.3 Å². The molecule has 0 spiro atoms. The molecule has 0 saturated carbocycles. The SMILES string of the molecule is Cc1nc(CCNC(=O)C(C)(C)c2ccccc2F)cs1. The number of rotatable bonds is 5. The molecule has 2 aromatic rings. The van der Waals surface area contributed by atoms with Gasteiger partial charge in [0.1, 0.15) is 5.82 Å². The van der Waals surface area contributed by atoms with E-state index in [9.17, 15) is 9.18 Å². The second kappa shape index (κ2) is 6.35. The molecule has 3 nitrogen and oxygen atoms in total. The monoisotopic (exact) mass is 306 g/mol. The number of halogens is 1. The maximum Gasteiger partial charge on any atom is 0.230 e. The van der Waals surface area contributed by atoms with E-state index in [1.807, 2.05) is 12.3 Å². The summed E-state index contributed by atoms with van der Waals surface area (Å²) in [5, 5.41) is 5.87. The third kappa shape index (κ3) is 3.67. The molecule has 0 radical (unpaired) electrons. The van der Waals surface area contributed by atoms with Crippen LogP contribution in [0.5, 0.6) is 0 Å². The van der Waals surface area contributed by atoms with Crippen LogP contribution in [-0.2, 0) is 16.6 Å². The number of aromatic nitrogens is 1. The molecular weight excluding hydrogens is 287 g/mol. The van der Waals surface area contributed by atoms with Gasteiger partial charge in [0, 0.05) is 23.9 Å². The van der Waals surface area contributed by atoms with Crippen LogP contribution in [0.25, 0.3) is 0 Å². The predicted molar refractivity (Wildman–Crippen MR) is 83.0 cm³/mol. The van der Waals surface area contributed by atoms with Gasteiger partial charge >= 0.3 is 0 Å². The first kappa shape index (κ1) is 15.6. The first-order valence-electron chi connectivity index (χ1n) is 6.85. The minimum Gasteiger partial charge on any atom is -0.355 e. The first-order valence-corrected chi connectivity index (χ1v) is 7.73. The Morgan fingerprint density at radius 3 is 2.71 bits per heavy atom. The first-order chi connectivity index (χ1) is 9.91. The lowest BCUT2D eigenvalue weighted by atomic mass is 9.83. The Morgan fingerprint density at radius 2 is 2.10 bits per heavy atom. The quantitative estimate of drug-likeness (QED) is 0.921. The van der Waals surface area contributed by atoms with Crippen molar-refractivity contribution in [1.29, 1.82) is 0 Å². The zero-order valence-electron chi connectivity index (χ0n) is 12.4. The van der Waals surface area contributed by atoms with E-state index in [4.69, 9.17) is 0 Å². The van der Waals surface area contributed by atoms with Crippen LogP contribution < -0.4 is 5.32 Å². The van der Waals surface area contributed by atoms with Crippen molar-refractivity contribution >= 4 is 17.2 Å². The fraction of sp³-hybridized carbons (Fsp3) is 0.375. The molecule has 1 aromatic heterocycles. The lowest BCUT2D eigenvalue weighted by molar-refractivity contribution is -0.125. The number of carbonyl (C=O) groups excluding carboxylic acids is 1. The Labute approximate surface area is 128 Å². The van der Waals surface area contributed by atoms with E-state index < -0.39 is 5.41 Å². The summed E-state index contributed by atoms with van der Waals surface area (Å²) in [6, 6.07) is 6.39. The highest BCUT2D eigenvalue weighted by molar-refractivity contribution is 7.09. The summed E-state index contributed by atoms with van der Waals surface area (Å²) in [6.45, 7) is 5.91. The average Bonchev–Trinajstić information content (AvgIpc) is 2.84. The summed E-state index contributed by atoms with van der Waals surface area (Å²) in [6.07, 6.45) is 0.684. The molecule has 0 aliphatic heterocycles. The minimum absolute atomic E-state index is 0.181. The molecule has 1 amide bonds. The van der Waals surface area contributed by atoms with Gasteiger partial charge in [0.05, 0.1) is 16.1 Å². The lowest BCUT2D eigenvalue weighted by Gasteiger charge is -2.24. The van der Waals surface area contributed by atoms with Gasteiger partial charge in [-0.25, -0.2) is 9.37 Å². The summed E-state index contributed by atoms with van der Waals surface area (Å²) in [4.78, 5) is 16.7. The van der Waals surface area contributed by atoms with Crippen molar-refractivity contribution < 1.29 is 9.18 Å². The Balaban J connectivity index is 1.97. The van der Waals surface area contributed by atoms with E-state index in [1.54, 1.807) is 43.4 Å². The highest BCUT2D eigenvalue weighted by atomic mass is 32.1. The number of aryl methyl sites for hydroxylation is 1. The van der Waals surface area contributed by atoms with Gasteiger partial charge in [-0.2, -0.15) is 0 Å². The molecule has 0 atom stereocenters. The van der Waals surface area contributed by atoms with E-state index in [-0.39, 0.29) is 11.7 Å². The Hall–Kier alpha value is -1.75. The molecule has 0 aliphatic rings. The molecule has 21 heavy (non-hydrogen) atoms. The molecule has 0 fully saturated rings. The van der Waals surface area contributed by atoms with Crippen molar-refractivity contribution in [2.45, 2.75) is 32.6 Å². The highest BCUT2D eigenvalue weighted by Crippen LogP contribution is 2.25. The second-order valence-electron chi connectivity index (χ2n) is 5.47. The van der Waals surface area contributed by atoms with Gasteiger partial charge in [-0.05, 0) is 26.8 Å². The molecule has 0 unspecified atom stereocenters. The Kier molecular flexibility index (Phi) is 4.73. The number of hydrogen-bond acceptors (Lipinski definition) is 3. The number of hydrogen-bond donors (Lipinski definition) is 1. The second-order valence-corrected chi connectivity index (χ2v) is 6.53. The molecule has 1 aromatic carbocycles. The zero-order valence-corrected chi connectivity index (χ0v) is 13.3. The Morgan fingerprint density at radius 1 is 1.38 bits per heavy atom. The molecular formula is C16H19FN2OS. The van der Waals surface area contributed by atoms with Crippen molar-refractivity contribution in [3.8, 4) is 0 Å². The van der Waals surface area contributed by atoms with E-state index >= 15 is 0 Å². The summed E-state index contributed by atoms with van der Waals surface area (Å²) >= 11 is 1.59. The van der Waals surface area contributed by atoms with Crippen LogP contribution >= 0.6 is 11.3 Å². The molecule has 0 bridgehead atoms. The average molecular weight is 306 g/mol. The number of benzene rings is 1. The number of nitrogens with one attached hydrogen (secondary N) is 1. The largest absolute Gasteiger partial charge is 0.355 e. The van der Waals surface area contributed by atoms with Gasteiger partial charge < -0.3 is 5.32 Å². The van der Waals surface area contributed by atoms with Crippen molar-refractivity contribution in [3.63, 3.8) is 0 Å². The zero-order chi connectivity index (χ0) is 15.5. The summed E-state index contributed by atoms with van der Waals surface area (Å²) in [7, 11) is 0. The normalized spacial score (nSPS) is 11.4. The fourth-order valence-electron chi connectivity index (χ4n) is 2.14. The van der Waals surface area contributed by atoms with Crippen molar-refractivity contribution in [2.75, 3.05) is 6.54 Å². The van der Waals surface area contributed by atoms with Crippen LogP contribution in [0.3, 0.4) is 0 Å². The van der Waals surface area contributed by atoms with Crippen LogP contribution in [0.4, 0.5) is 4.39 Å². The van der Waals surface area contributed by atoms with Gasteiger partial charge in [-0.1, -0.05) is 18.2 Å². The van der Waals surface area contributed by atoms with Gasteiger partial charge in [0.25, 0.3) is 0 Å².